The molecule has 0 saturated heterocycles. The van der Waals surface area contributed by atoms with Crippen LogP contribution in [0.3, 0.4) is 0 Å². The van der Waals surface area contributed by atoms with E-state index in [2.05, 4.69) is 26.0 Å². The molecule has 1 N–H and O–H groups in total. The van der Waals surface area contributed by atoms with Crippen LogP contribution in [0, 0.1) is 11.7 Å². The number of H-pyrrole nitrogens is 1. The van der Waals surface area contributed by atoms with Crippen LogP contribution in [0.2, 0.25) is 0 Å². The molecular weight excluding hydrogens is 315 g/mol. The van der Waals surface area contributed by atoms with Gasteiger partial charge < -0.3 is 4.98 Å². The molecular formula is C20H15FN4. The first kappa shape index (κ1) is 14.3. The topological polar surface area (TPSA) is 54.5 Å². The van der Waals surface area contributed by atoms with E-state index in [0.717, 1.165) is 27.5 Å². The zero-order valence-corrected chi connectivity index (χ0v) is 13.4. The summed E-state index contributed by atoms with van der Waals surface area (Å²) in [4.78, 5) is 16.1. The zero-order valence-electron chi connectivity index (χ0n) is 13.4. The van der Waals surface area contributed by atoms with Gasteiger partial charge in [-0.3, -0.25) is 9.97 Å². The van der Waals surface area contributed by atoms with Gasteiger partial charge >= 0.3 is 0 Å². The lowest BCUT2D eigenvalue weighted by atomic mass is 10.1. The van der Waals surface area contributed by atoms with E-state index in [1.54, 1.807) is 18.6 Å². The lowest BCUT2D eigenvalue weighted by Gasteiger charge is -2.02. The molecule has 25 heavy (non-hydrogen) atoms. The average molecular weight is 330 g/mol. The van der Waals surface area contributed by atoms with Gasteiger partial charge in [0.15, 0.2) is 0 Å². The minimum Gasteiger partial charge on any atom is -0.338 e. The van der Waals surface area contributed by atoms with E-state index in [1.165, 1.54) is 19.0 Å². The van der Waals surface area contributed by atoms with Crippen molar-refractivity contribution in [3.8, 4) is 11.3 Å². The SMILES string of the molecule is Fc1cnc2[nH]c3cnc(-c4cccnc4)cc3c2c1C=CC1CC1. The van der Waals surface area contributed by atoms with Gasteiger partial charge in [0.25, 0.3) is 0 Å². The highest BCUT2D eigenvalue weighted by molar-refractivity contribution is 6.10. The Bertz CT molecular complexity index is 1110. The van der Waals surface area contributed by atoms with Crippen molar-refractivity contribution in [3.63, 3.8) is 0 Å². The predicted molar refractivity (Wildman–Crippen MR) is 96.3 cm³/mol. The van der Waals surface area contributed by atoms with Gasteiger partial charge in [-0.05, 0) is 37.0 Å². The third-order valence-electron chi connectivity index (χ3n) is 4.61. The smallest absolute Gasteiger partial charge is 0.149 e. The quantitative estimate of drug-likeness (QED) is 0.590. The number of halogens is 1. The third kappa shape index (κ3) is 2.48. The molecule has 1 aliphatic rings. The molecule has 0 spiro atoms. The molecule has 122 valence electrons. The van der Waals surface area contributed by atoms with Crippen LogP contribution in [0.15, 0.2) is 49.1 Å². The number of hydrogen-bond acceptors (Lipinski definition) is 3. The summed E-state index contributed by atoms with van der Waals surface area (Å²) in [6, 6.07) is 5.81. The maximum atomic E-state index is 14.5. The van der Waals surface area contributed by atoms with Crippen LogP contribution < -0.4 is 0 Å². The van der Waals surface area contributed by atoms with Gasteiger partial charge in [-0.15, -0.1) is 0 Å². The highest BCUT2D eigenvalue weighted by Gasteiger charge is 2.19. The fraction of sp³-hybridized carbons (Fsp3) is 0.150. The van der Waals surface area contributed by atoms with Crippen molar-refractivity contribution < 1.29 is 4.39 Å². The van der Waals surface area contributed by atoms with Crippen molar-refractivity contribution in [2.75, 3.05) is 0 Å². The molecule has 4 aromatic rings. The highest BCUT2D eigenvalue weighted by atomic mass is 19.1. The summed E-state index contributed by atoms with van der Waals surface area (Å²) in [7, 11) is 0. The van der Waals surface area contributed by atoms with E-state index in [1.807, 2.05) is 24.3 Å². The predicted octanol–water partition coefficient (Wildman–Crippen LogP) is 4.74. The zero-order chi connectivity index (χ0) is 16.8. The molecule has 0 radical (unpaired) electrons. The monoisotopic (exact) mass is 330 g/mol. The Morgan fingerprint density at radius 3 is 2.88 bits per heavy atom. The summed E-state index contributed by atoms with van der Waals surface area (Å²) in [6.45, 7) is 0. The second-order valence-corrected chi connectivity index (χ2v) is 6.42. The minimum atomic E-state index is -0.301. The first-order valence-electron chi connectivity index (χ1n) is 8.34. The average Bonchev–Trinajstić information content (AvgIpc) is 3.40. The van der Waals surface area contributed by atoms with Crippen molar-refractivity contribution in [1.29, 1.82) is 0 Å². The Balaban J connectivity index is 1.77. The molecule has 0 unspecified atom stereocenters. The molecule has 0 bridgehead atoms. The summed E-state index contributed by atoms with van der Waals surface area (Å²) in [5.41, 5.74) is 3.85. The molecule has 1 aliphatic carbocycles. The number of aromatic nitrogens is 4. The van der Waals surface area contributed by atoms with E-state index >= 15 is 0 Å². The molecule has 4 aromatic heterocycles. The first-order valence-corrected chi connectivity index (χ1v) is 8.34. The number of fused-ring (bicyclic) bond motifs is 3. The Labute approximate surface area is 143 Å². The summed E-state index contributed by atoms with van der Waals surface area (Å²) < 4.78 is 14.5. The lowest BCUT2D eigenvalue weighted by Crippen LogP contribution is -1.88. The molecule has 5 heteroatoms. The number of allylic oxidation sites excluding steroid dienone is 1. The molecule has 1 saturated carbocycles. The first-order chi connectivity index (χ1) is 12.3. The Hall–Kier alpha value is -3.08. The maximum Gasteiger partial charge on any atom is 0.149 e. The van der Waals surface area contributed by atoms with Crippen LogP contribution in [0.5, 0.6) is 0 Å². The molecule has 0 aliphatic heterocycles. The van der Waals surface area contributed by atoms with Crippen molar-refractivity contribution >= 4 is 28.0 Å². The minimum absolute atomic E-state index is 0.301. The van der Waals surface area contributed by atoms with Gasteiger partial charge in [-0.2, -0.15) is 0 Å². The van der Waals surface area contributed by atoms with Crippen molar-refractivity contribution in [1.82, 2.24) is 19.9 Å². The van der Waals surface area contributed by atoms with E-state index in [-0.39, 0.29) is 5.82 Å². The number of nitrogens with one attached hydrogen (secondary N) is 1. The van der Waals surface area contributed by atoms with E-state index in [4.69, 9.17) is 0 Å². The van der Waals surface area contributed by atoms with Crippen LogP contribution >= 0.6 is 0 Å². The molecule has 0 aromatic carbocycles. The van der Waals surface area contributed by atoms with Gasteiger partial charge in [0.1, 0.15) is 11.5 Å². The molecule has 5 rings (SSSR count). The summed E-state index contributed by atoms with van der Waals surface area (Å²) in [6.07, 6.45) is 12.9. The molecule has 0 amide bonds. The van der Waals surface area contributed by atoms with Crippen LogP contribution in [0.1, 0.15) is 18.4 Å². The standard InChI is InChI=1S/C20H15FN4/c21-16-10-24-20-19(14(16)6-5-12-3-4-12)15-8-17(23-11-18(15)25-20)13-2-1-7-22-9-13/h1-2,5-12H,3-4H2,(H,24,25). The lowest BCUT2D eigenvalue weighted by molar-refractivity contribution is 0.621. The van der Waals surface area contributed by atoms with Gasteiger partial charge in [0.2, 0.25) is 0 Å². The fourth-order valence-corrected chi connectivity index (χ4v) is 3.12. The van der Waals surface area contributed by atoms with Crippen molar-refractivity contribution in [2.24, 2.45) is 5.92 Å². The Morgan fingerprint density at radius 2 is 2.08 bits per heavy atom. The Morgan fingerprint density at radius 1 is 1.16 bits per heavy atom. The molecule has 4 heterocycles. The third-order valence-corrected chi connectivity index (χ3v) is 4.61. The van der Waals surface area contributed by atoms with Gasteiger partial charge in [0.05, 0.1) is 23.6 Å². The van der Waals surface area contributed by atoms with Gasteiger partial charge in [-0.1, -0.05) is 12.2 Å². The summed E-state index contributed by atoms with van der Waals surface area (Å²) in [5, 5.41) is 1.73. The Kier molecular flexibility index (Phi) is 3.13. The van der Waals surface area contributed by atoms with Gasteiger partial charge in [-0.25, -0.2) is 9.37 Å². The molecule has 4 nitrogen and oxygen atoms in total. The van der Waals surface area contributed by atoms with Crippen LogP contribution in [0.4, 0.5) is 4.39 Å². The maximum absolute atomic E-state index is 14.5. The number of rotatable bonds is 3. The van der Waals surface area contributed by atoms with E-state index in [0.29, 0.717) is 17.1 Å². The number of nitrogens with zero attached hydrogens (tertiary/aromatic N) is 3. The highest BCUT2D eigenvalue weighted by Crippen LogP contribution is 2.34. The van der Waals surface area contributed by atoms with Crippen LogP contribution in [-0.4, -0.2) is 19.9 Å². The summed E-state index contributed by atoms with van der Waals surface area (Å²) in [5.74, 6) is 0.283. The van der Waals surface area contributed by atoms with Crippen molar-refractivity contribution in [2.45, 2.75) is 12.8 Å². The van der Waals surface area contributed by atoms with Crippen LogP contribution in [0.25, 0.3) is 39.3 Å². The van der Waals surface area contributed by atoms with Gasteiger partial charge in [0, 0.05) is 34.3 Å². The number of aromatic amines is 1. The van der Waals surface area contributed by atoms with E-state index in [9.17, 15) is 4.39 Å². The van der Waals surface area contributed by atoms with Crippen molar-refractivity contribution in [3.05, 3.63) is 60.4 Å². The molecule has 1 fully saturated rings. The molecule has 0 atom stereocenters. The van der Waals surface area contributed by atoms with Crippen LogP contribution in [-0.2, 0) is 0 Å². The largest absolute Gasteiger partial charge is 0.338 e. The fourth-order valence-electron chi connectivity index (χ4n) is 3.12. The second kappa shape index (κ2) is 5.48. The second-order valence-electron chi connectivity index (χ2n) is 6.42. The number of pyridine rings is 3. The summed E-state index contributed by atoms with van der Waals surface area (Å²) >= 11 is 0. The number of hydrogen-bond donors (Lipinski definition) is 1. The normalized spacial score (nSPS) is 14.8. The van der Waals surface area contributed by atoms with E-state index < -0.39 is 0 Å².